The Morgan fingerprint density at radius 3 is 2.68 bits per heavy atom. The molecule has 1 amide bonds. The average Bonchev–Trinajstić information content (AvgIpc) is 2.29. The summed E-state index contributed by atoms with van der Waals surface area (Å²) in [7, 11) is 0. The normalized spacial score (nSPS) is 10.3. The number of nitro groups is 1. The molecule has 2 N–H and O–H groups in total. The molecule has 0 atom stereocenters. The fourth-order valence-electron chi connectivity index (χ4n) is 1.47. The van der Waals surface area contributed by atoms with Crippen molar-refractivity contribution >= 4 is 39.9 Å². The summed E-state index contributed by atoms with van der Waals surface area (Å²) in [6.45, 7) is 4.31. The molecule has 0 aliphatic carbocycles. The smallest absolute Gasteiger partial charge is 0.270 e. The van der Waals surface area contributed by atoms with Crippen LogP contribution in [0.2, 0.25) is 0 Å². The molecular weight excluding hydrogens is 361 g/mol. The summed E-state index contributed by atoms with van der Waals surface area (Å²) in [5.74, 6) is -0.0144. The Morgan fingerprint density at radius 1 is 1.47 bits per heavy atom. The van der Waals surface area contributed by atoms with Gasteiger partial charge in [0.2, 0.25) is 5.91 Å². The molecule has 0 aliphatic rings. The minimum absolute atomic E-state index is 0.0144. The van der Waals surface area contributed by atoms with Crippen molar-refractivity contribution in [2.75, 3.05) is 11.9 Å². The standard InChI is InChI=1S/C12H16IN3O3/c1-8(2)15-12(17)5-6-14-11-4-3-9(16(18)19)7-10(11)13/h3-4,7-8,14H,5-6H2,1-2H3,(H,15,17). The van der Waals surface area contributed by atoms with E-state index in [0.717, 1.165) is 9.26 Å². The summed E-state index contributed by atoms with van der Waals surface area (Å²) in [5.41, 5.74) is 0.857. The van der Waals surface area contributed by atoms with E-state index in [0.29, 0.717) is 13.0 Å². The van der Waals surface area contributed by atoms with Gasteiger partial charge in [-0.1, -0.05) is 0 Å². The number of nitro benzene ring substituents is 1. The number of nitrogens with one attached hydrogen (secondary N) is 2. The van der Waals surface area contributed by atoms with Crippen LogP contribution >= 0.6 is 22.6 Å². The highest BCUT2D eigenvalue weighted by Gasteiger charge is 2.09. The largest absolute Gasteiger partial charge is 0.384 e. The van der Waals surface area contributed by atoms with Crippen molar-refractivity contribution in [3.8, 4) is 0 Å². The summed E-state index contributed by atoms with van der Waals surface area (Å²) < 4.78 is 0.760. The first-order valence-electron chi connectivity index (χ1n) is 5.87. The first-order valence-corrected chi connectivity index (χ1v) is 6.95. The molecule has 0 radical (unpaired) electrons. The number of halogens is 1. The van der Waals surface area contributed by atoms with Crippen LogP contribution in [0.5, 0.6) is 0 Å². The number of hydrogen-bond acceptors (Lipinski definition) is 4. The van der Waals surface area contributed by atoms with E-state index in [2.05, 4.69) is 10.6 Å². The Hall–Kier alpha value is -1.38. The molecule has 1 rings (SSSR count). The molecule has 0 fully saturated rings. The first kappa shape index (κ1) is 15.7. The second-order valence-corrected chi connectivity index (χ2v) is 5.48. The Morgan fingerprint density at radius 2 is 2.16 bits per heavy atom. The SMILES string of the molecule is CC(C)NC(=O)CCNc1ccc([N+](=O)[O-])cc1I. The Bertz CT molecular complexity index is 477. The van der Waals surface area contributed by atoms with E-state index in [9.17, 15) is 14.9 Å². The second kappa shape index (κ2) is 7.27. The topological polar surface area (TPSA) is 84.3 Å². The predicted molar refractivity (Wildman–Crippen MR) is 82.2 cm³/mol. The van der Waals surface area contributed by atoms with Crippen LogP contribution in [-0.2, 0) is 4.79 Å². The fourth-order valence-corrected chi connectivity index (χ4v) is 2.16. The Kier molecular flexibility index (Phi) is 6.00. The van der Waals surface area contributed by atoms with Gasteiger partial charge in [-0.15, -0.1) is 0 Å². The van der Waals surface area contributed by atoms with Crippen LogP contribution in [0, 0.1) is 13.7 Å². The van der Waals surface area contributed by atoms with Gasteiger partial charge in [-0.3, -0.25) is 14.9 Å². The number of non-ortho nitro benzene ring substituents is 1. The zero-order valence-electron chi connectivity index (χ0n) is 10.8. The number of carbonyl (C=O) groups is 1. The van der Waals surface area contributed by atoms with Gasteiger partial charge in [0.1, 0.15) is 0 Å². The Balaban J connectivity index is 2.50. The molecule has 0 saturated carbocycles. The number of rotatable bonds is 6. The maximum absolute atomic E-state index is 11.4. The maximum atomic E-state index is 11.4. The molecule has 19 heavy (non-hydrogen) atoms. The number of amides is 1. The first-order chi connectivity index (χ1) is 8.90. The fraction of sp³-hybridized carbons (Fsp3) is 0.417. The lowest BCUT2D eigenvalue weighted by molar-refractivity contribution is -0.384. The van der Waals surface area contributed by atoms with E-state index in [1.54, 1.807) is 6.07 Å². The van der Waals surface area contributed by atoms with Gasteiger partial charge in [-0.2, -0.15) is 0 Å². The molecule has 0 saturated heterocycles. The van der Waals surface area contributed by atoms with Crippen LogP contribution in [-0.4, -0.2) is 23.4 Å². The lowest BCUT2D eigenvalue weighted by Gasteiger charge is -2.10. The molecule has 0 aliphatic heterocycles. The second-order valence-electron chi connectivity index (χ2n) is 4.32. The minimum Gasteiger partial charge on any atom is -0.384 e. The van der Waals surface area contributed by atoms with Crippen molar-refractivity contribution in [3.63, 3.8) is 0 Å². The van der Waals surface area contributed by atoms with Crippen molar-refractivity contribution < 1.29 is 9.72 Å². The van der Waals surface area contributed by atoms with Crippen LogP contribution in [0.15, 0.2) is 18.2 Å². The van der Waals surface area contributed by atoms with E-state index in [4.69, 9.17) is 0 Å². The van der Waals surface area contributed by atoms with Crippen LogP contribution < -0.4 is 10.6 Å². The maximum Gasteiger partial charge on any atom is 0.270 e. The van der Waals surface area contributed by atoms with E-state index < -0.39 is 4.92 Å². The molecule has 1 aromatic rings. The van der Waals surface area contributed by atoms with Crippen molar-refractivity contribution in [2.45, 2.75) is 26.3 Å². The molecule has 1 aromatic carbocycles. The molecule has 0 spiro atoms. The zero-order valence-corrected chi connectivity index (χ0v) is 12.9. The van der Waals surface area contributed by atoms with Gasteiger partial charge in [0.05, 0.1) is 4.92 Å². The molecule has 0 aromatic heterocycles. The van der Waals surface area contributed by atoms with E-state index in [1.807, 2.05) is 36.4 Å². The molecular formula is C12H16IN3O3. The highest BCUT2D eigenvalue weighted by atomic mass is 127. The minimum atomic E-state index is -0.429. The summed E-state index contributed by atoms with van der Waals surface area (Å²) in [6.07, 6.45) is 0.366. The van der Waals surface area contributed by atoms with Crippen molar-refractivity contribution in [1.82, 2.24) is 5.32 Å². The number of benzene rings is 1. The molecule has 0 bridgehead atoms. The van der Waals surface area contributed by atoms with Gasteiger partial charge in [0.15, 0.2) is 0 Å². The van der Waals surface area contributed by atoms with Gasteiger partial charge in [0, 0.05) is 40.4 Å². The van der Waals surface area contributed by atoms with E-state index in [-0.39, 0.29) is 17.6 Å². The van der Waals surface area contributed by atoms with Gasteiger partial charge in [-0.25, -0.2) is 0 Å². The lowest BCUT2D eigenvalue weighted by atomic mass is 10.2. The van der Waals surface area contributed by atoms with Crippen molar-refractivity contribution in [3.05, 3.63) is 31.9 Å². The molecule has 7 heteroatoms. The average molecular weight is 377 g/mol. The van der Waals surface area contributed by atoms with Crippen molar-refractivity contribution in [2.24, 2.45) is 0 Å². The number of carbonyl (C=O) groups excluding carboxylic acids is 1. The Labute approximate surface area is 125 Å². The number of nitrogens with zero attached hydrogens (tertiary/aromatic N) is 1. The zero-order chi connectivity index (χ0) is 14.4. The summed E-state index contributed by atoms with van der Waals surface area (Å²) in [6, 6.07) is 4.72. The quantitative estimate of drug-likeness (QED) is 0.453. The third kappa shape index (κ3) is 5.41. The van der Waals surface area contributed by atoms with Gasteiger partial charge in [0.25, 0.3) is 5.69 Å². The highest BCUT2D eigenvalue weighted by Crippen LogP contribution is 2.23. The van der Waals surface area contributed by atoms with Crippen LogP contribution in [0.25, 0.3) is 0 Å². The third-order valence-electron chi connectivity index (χ3n) is 2.28. The summed E-state index contributed by atoms with van der Waals surface area (Å²) in [5, 5.41) is 16.5. The monoisotopic (exact) mass is 377 g/mol. The number of anilines is 1. The van der Waals surface area contributed by atoms with E-state index >= 15 is 0 Å². The molecule has 104 valence electrons. The van der Waals surface area contributed by atoms with Gasteiger partial charge < -0.3 is 10.6 Å². The van der Waals surface area contributed by atoms with E-state index in [1.165, 1.54) is 12.1 Å². The van der Waals surface area contributed by atoms with Gasteiger partial charge in [-0.05, 0) is 42.5 Å². The highest BCUT2D eigenvalue weighted by molar-refractivity contribution is 14.1. The van der Waals surface area contributed by atoms with Crippen LogP contribution in [0.4, 0.5) is 11.4 Å². The molecule has 0 heterocycles. The lowest BCUT2D eigenvalue weighted by Crippen LogP contribution is -2.31. The van der Waals surface area contributed by atoms with Crippen molar-refractivity contribution in [1.29, 1.82) is 0 Å². The summed E-state index contributed by atoms with van der Waals surface area (Å²) in [4.78, 5) is 21.6. The van der Waals surface area contributed by atoms with Gasteiger partial charge >= 0.3 is 0 Å². The number of hydrogen-bond donors (Lipinski definition) is 2. The molecule has 0 unspecified atom stereocenters. The van der Waals surface area contributed by atoms with Crippen LogP contribution in [0.3, 0.4) is 0 Å². The third-order valence-corrected chi connectivity index (χ3v) is 3.17. The predicted octanol–water partition coefficient (Wildman–Crippen LogP) is 2.53. The molecule has 6 nitrogen and oxygen atoms in total. The summed E-state index contributed by atoms with van der Waals surface area (Å²) >= 11 is 2.03. The van der Waals surface area contributed by atoms with Crippen LogP contribution in [0.1, 0.15) is 20.3 Å².